The minimum atomic E-state index is -1.96. The fourth-order valence-corrected chi connectivity index (χ4v) is 3.72. The quantitative estimate of drug-likeness (QED) is 0.811. The molecule has 1 aliphatic rings. The van der Waals surface area contributed by atoms with Gasteiger partial charge in [0, 0.05) is 19.7 Å². The summed E-state index contributed by atoms with van der Waals surface area (Å²) in [6, 6.07) is 0. The standard InChI is InChI=1S/C13H19N3O5S/c1-4-7-16-9-8(11(18)15(5-2)13(16)19)22(20)12(21-6-3)10(17)14-9/h12H,4-7H2,1-3H3,(H,14,17). The van der Waals surface area contributed by atoms with Crippen molar-refractivity contribution in [3.8, 4) is 0 Å². The van der Waals surface area contributed by atoms with Crippen LogP contribution in [0.4, 0.5) is 5.82 Å². The zero-order valence-electron chi connectivity index (χ0n) is 12.7. The highest BCUT2D eigenvalue weighted by molar-refractivity contribution is 7.86. The molecule has 1 aromatic rings. The number of carbonyl (C=O) groups is 1. The van der Waals surface area contributed by atoms with Gasteiger partial charge in [-0.05, 0) is 20.3 Å². The first-order valence-corrected chi connectivity index (χ1v) is 8.39. The van der Waals surface area contributed by atoms with Crippen LogP contribution in [-0.4, -0.2) is 31.3 Å². The van der Waals surface area contributed by atoms with Crippen molar-refractivity contribution >= 4 is 22.5 Å². The van der Waals surface area contributed by atoms with Gasteiger partial charge in [0.15, 0.2) is 0 Å². The summed E-state index contributed by atoms with van der Waals surface area (Å²) < 4.78 is 20.1. The third kappa shape index (κ3) is 2.54. The number of anilines is 1. The van der Waals surface area contributed by atoms with Crippen LogP contribution < -0.4 is 16.6 Å². The smallest absolute Gasteiger partial charge is 0.332 e. The highest BCUT2D eigenvalue weighted by Gasteiger charge is 2.38. The van der Waals surface area contributed by atoms with Crippen molar-refractivity contribution in [1.29, 1.82) is 0 Å². The Balaban J connectivity index is 2.76. The Morgan fingerprint density at radius 1 is 1.18 bits per heavy atom. The van der Waals surface area contributed by atoms with E-state index in [1.165, 1.54) is 4.57 Å². The van der Waals surface area contributed by atoms with Gasteiger partial charge in [0.2, 0.25) is 5.44 Å². The SMILES string of the molecule is CCCn1c2c(c(=O)n(CC)c1=O)S(=O)C(OCC)C(=O)N2. The van der Waals surface area contributed by atoms with E-state index in [-0.39, 0.29) is 23.9 Å². The van der Waals surface area contributed by atoms with E-state index in [1.54, 1.807) is 13.8 Å². The van der Waals surface area contributed by atoms with Crippen LogP contribution in [0.2, 0.25) is 0 Å². The summed E-state index contributed by atoms with van der Waals surface area (Å²) in [7, 11) is -1.96. The van der Waals surface area contributed by atoms with E-state index in [1.807, 2.05) is 6.92 Å². The fourth-order valence-electron chi connectivity index (χ4n) is 2.36. The molecule has 0 radical (unpaired) electrons. The van der Waals surface area contributed by atoms with Crippen LogP contribution in [0.15, 0.2) is 14.5 Å². The molecule has 0 bridgehead atoms. The third-order valence-corrected chi connectivity index (χ3v) is 4.83. The maximum Gasteiger partial charge on any atom is 0.332 e. The Morgan fingerprint density at radius 3 is 2.41 bits per heavy atom. The summed E-state index contributed by atoms with van der Waals surface area (Å²) in [5, 5.41) is 2.50. The van der Waals surface area contributed by atoms with E-state index in [0.717, 1.165) is 4.57 Å². The van der Waals surface area contributed by atoms with E-state index in [9.17, 15) is 18.6 Å². The fraction of sp³-hybridized carbons (Fsp3) is 0.615. The second kappa shape index (κ2) is 6.57. The number of fused-ring (bicyclic) bond motifs is 1. The second-order valence-corrected chi connectivity index (χ2v) is 6.17. The van der Waals surface area contributed by atoms with Crippen molar-refractivity contribution in [3.05, 3.63) is 20.8 Å². The van der Waals surface area contributed by atoms with E-state index in [0.29, 0.717) is 13.0 Å². The Kier molecular flexibility index (Phi) is 4.97. The molecule has 2 atom stereocenters. The third-order valence-electron chi connectivity index (χ3n) is 3.32. The van der Waals surface area contributed by atoms with Crippen molar-refractivity contribution in [2.75, 3.05) is 11.9 Å². The van der Waals surface area contributed by atoms with Crippen LogP contribution in [-0.2, 0) is 33.4 Å². The highest BCUT2D eigenvalue weighted by Crippen LogP contribution is 2.24. The molecule has 2 rings (SSSR count). The first-order valence-electron chi connectivity index (χ1n) is 7.18. The minimum absolute atomic E-state index is 0.0286. The second-order valence-electron chi connectivity index (χ2n) is 4.74. The van der Waals surface area contributed by atoms with E-state index in [2.05, 4.69) is 5.32 Å². The van der Waals surface area contributed by atoms with E-state index < -0.39 is 33.4 Å². The lowest BCUT2D eigenvalue weighted by molar-refractivity contribution is -0.122. The van der Waals surface area contributed by atoms with Crippen molar-refractivity contribution in [1.82, 2.24) is 9.13 Å². The van der Waals surface area contributed by atoms with E-state index in [4.69, 9.17) is 4.74 Å². The highest BCUT2D eigenvalue weighted by atomic mass is 32.2. The molecule has 1 amide bonds. The molecule has 0 aliphatic carbocycles. The number of ether oxygens (including phenoxy) is 1. The lowest BCUT2D eigenvalue weighted by atomic mass is 10.4. The molecule has 0 saturated heterocycles. The monoisotopic (exact) mass is 329 g/mol. The molecule has 22 heavy (non-hydrogen) atoms. The van der Waals surface area contributed by atoms with E-state index >= 15 is 0 Å². The van der Waals surface area contributed by atoms with Crippen LogP contribution >= 0.6 is 0 Å². The number of nitrogens with zero attached hydrogens (tertiary/aromatic N) is 2. The lowest BCUT2D eigenvalue weighted by Gasteiger charge is -2.26. The van der Waals surface area contributed by atoms with Gasteiger partial charge in [0.05, 0.1) is 0 Å². The molecule has 1 N–H and O–H groups in total. The topological polar surface area (TPSA) is 99.4 Å². The molecule has 9 heteroatoms. The van der Waals surface area contributed by atoms with Crippen LogP contribution in [0.5, 0.6) is 0 Å². The maximum absolute atomic E-state index is 12.6. The van der Waals surface area contributed by atoms with Gasteiger partial charge in [0.1, 0.15) is 21.5 Å². The molecule has 0 fully saturated rings. The molecule has 2 heterocycles. The Labute approximate surface area is 129 Å². The van der Waals surface area contributed by atoms with Gasteiger partial charge in [-0.15, -0.1) is 0 Å². The zero-order chi connectivity index (χ0) is 16.4. The molecular weight excluding hydrogens is 310 g/mol. The summed E-state index contributed by atoms with van der Waals surface area (Å²) in [4.78, 5) is 36.7. The van der Waals surface area contributed by atoms with Crippen LogP contribution in [0, 0.1) is 0 Å². The summed E-state index contributed by atoms with van der Waals surface area (Å²) in [5.74, 6) is -0.577. The number of carbonyl (C=O) groups excluding carboxylic acids is 1. The van der Waals surface area contributed by atoms with Crippen molar-refractivity contribution < 1.29 is 13.7 Å². The van der Waals surface area contributed by atoms with Gasteiger partial charge < -0.3 is 10.1 Å². The van der Waals surface area contributed by atoms with Crippen LogP contribution in [0.25, 0.3) is 0 Å². The normalized spacial score (nSPS) is 20.6. The Morgan fingerprint density at radius 2 is 1.86 bits per heavy atom. The maximum atomic E-state index is 12.6. The first kappa shape index (κ1) is 16.6. The first-order chi connectivity index (χ1) is 10.5. The molecule has 0 spiro atoms. The number of hydrogen-bond acceptors (Lipinski definition) is 5. The van der Waals surface area contributed by atoms with Crippen molar-refractivity contribution in [2.45, 2.75) is 50.6 Å². The summed E-state index contributed by atoms with van der Waals surface area (Å²) in [6.07, 6.45) is 0.631. The average molecular weight is 329 g/mol. The van der Waals surface area contributed by atoms with Gasteiger partial charge in [-0.2, -0.15) is 0 Å². The molecule has 0 aromatic carbocycles. The van der Waals surface area contributed by atoms with Gasteiger partial charge in [-0.3, -0.25) is 22.9 Å². The number of hydrogen-bond donors (Lipinski definition) is 1. The average Bonchev–Trinajstić information content (AvgIpc) is 2.47. The molecule has 1 aromatic heterocycles. The lowest BCUT2D eigenvalue weighted by Crippen LogP contribution is -2.49. The van der Waals surface area contributed by atoms with Gasteiger partial charge in [-0.25, -0.2) is 4.79 Å². The summed E-state index contributed by atoms with van der Waals surface area (Å²) in [5.41, 5.74) is -2.39. The predicted octanol–water partition coefficient (Wildman–Crippen LogP) is -0.138. The predicted molar refractivity (Wildman–Crippen MR) is 81.4 cm³/mol. The summed E-state index contributed by atoms with van der Waals surface area (Å²) in [6.45, 7) is 5.87. The largest absolute Gasteiger partial charge is 0.355 e. The minimum Gasteiger partial charge on any atom is -0.355 e. The number of aromatic nitrogens is 2. The molecule has 2 unspecified atom stereocenters. The van der Waals surface area contributed by atoms with Crippen LogP contribution in [0.3, 0.4) is 0 Å². The van der Waals surface area contributed by atoms with Crippen molar-refractivity contribution in [2.24, 2.45) is 0 Å². The van der Waals surface area contributed by atoms with Gasteiger partial charge in [-0.1, -0.05) is 6.92 Å². The van der Waals surface area contributed by atoms with Crippen LogP contribution in [0.1, 0.15) is 27.2 Å². The molecule has 8 nitrogen and oxygen atoms in total. The zero-order valence-corrected chi connectivity index (χ0v) is 13.6. The van der Waals surface area contributed by atoms with Gasteiger partial charge >= 0.3 is 5.69 Å². The number of nitrogens with one attached hydrogen (secondary N) is 1. The molecule has 1 aliphatic heterocycles. The number of amides is 1. The summed E-state index contributed by atoms with van der Waals surface area (Å²) >= 11 is 0. The number of rotatable bonds is 5. The molecule has 122 valence electrons. The Hall–Kier alpha value is -1.74. The molecule has 0 saturated carbocycles. The Bertz CT molecular complexity index is 736. The molecular formula is C13H19N3O5S. The van der Waals surface area contributed by atoms with Gasteiger partial charge in [0.25, 0.3) is 11.5 Å². The van der Waals surface area contributed by atoms with Crippen molar-refractivity contribution in [3.63, 3.8) is 0 Å².